The first-order valence-corrected chi connectivity index (χ1v) is 5.96. The van der Waals surface area contributed by atoms with Crippen molar-refractivity contribution in [3.8, 4) is 6.07 Å². The molecule has 1 aromatic rings. The number of hydrogen-bond donors (Lipinski definition) is 0. The minimum Gasteiger partial charge on any atom is -0.359 e. The lowest BCUT2D eigenvalue weighted by Crippen LogP contribution is -2.04. The van der Waals surface area contributed by atoms with Crippen LogP contribution in [-0.2, 0) is 4.74 Å². The van der Waals surface area contributed by atoms with Gasteiger partial charge in [-0.05, 0) is 25.0 Å². The Bertz CT molecular complexity index is 523. The molecule has 4 heteroatoms. The van der Waals surface area contributed by atoms with Gasteiger partial charge in [0.1, 0.15) is 0 Å². The molecule has 0 bridgehead atoms. The van der Waals surface area contributed by atoms with Crippen molar-refractivity contribution in [2.24, 2.45) is 10.2 Å². The standard InChI is InChI=1S/C14H15N3O/c1-3-18-14(9-15)12-6-4-11(5-7-12)13-8-10(2)16-17-13/h4-7,14H,3,8H2,1-2H3. The molecule has 1 heterocycles. The van der Waals surface area contributed by atoms with Crippen LogP contribution >= 0.6 is 0 Å². The van der Waals surface area contributed by atoms with E-state index >= 15 is 0 Å². The second-order valence-electron chi connectivity index (χ2n) is 4.15. The maximum absolute atomic E-state index is 9.01. The van der Waals surface area contributed by atoms with Crippen molar-refractivity contribution in [3.05, 3.63) is 35.4 Å². The average Bonchev–Trinajstić information content (AvgIpc) is 2.83. The molecule has 1 atom stereocenters. The lowest BCUT2D eigenvalue weighted by Gasteiger charge is -2.09. The molecule has 0 spiro atoms. The minimum atomic E-state index is -0.493. The Balaban J connectivity index is 2.13. The third kappa shape index (κ3) is 2.63. The van der Waals surface area contributed by atoms with Gasteiger partial charge >= 0.3 is 0 Å². The summed E-state index contributed by atoms with van der Waals surface area (Å²) in [5.41, 5.74) is 3.93. The molecule has 1 unspecified atom stereocenters. The van der Waals surface area contributed by atoms with Gasteiger partial charge in [0.2, 0.25) is 0 Å². The van der Waals surface area contributed by atoms with Crippen molar-refractivity contribution < 1.29 is 4.74 Å². The predicted molar refractivity (Wildman–Crippen MR) is 70.7 cm³/mol. The van der Waals surface area contributed by atoms with E-state index in [-0.39, 0.29) is 0 Å². The molecule has 0 N–H and O–H groups in total. The number of hydrogen-bond acceptors (Lipinski definition) is 4. The summed E-state index contributed by atoms with van der Waals surface area (Å²) in [6, 6.07) is 9.89. The summed E-state index contributed by atoms with van der Waals surface area (Å²) in [6.07, 6.45) is 0.305. The van der Waals surface area contributed by atoms with Crippen LogP contribution in [0.4, 0.5) is 0 Å². The Morgan fingerprint density at radius 1 is 1.33 bits per heavy atom. The highest BCUT2D eigenvalue weighted by Gasteiger charge is 2.13. The Morgan fingerprint density at radius 2 is 2.06 bits per heavy atom. The van der Waals surface area contributed by atoms with E-state index < -0.39 is 6.10 Å². The highest BCUT2D eigenvalue weighted by atomic mass is 16.5. The lowest BCUT2D eigenvalue weighted by molar-refractivity contribution is 0.102. The van der Waals surface area contributed by atoms with Crippen LogP contribution in [0, 0.1) is 11.3 Å². The highest BCUT2D eigenvalue weighted by molar-refractivity contribution is 6.14. The summed E-state index contributed by atoms with van der Waals surface area (Å²) in [7, 11) is 0. The fourth-order valence-electron chi connectivity index (χ4n) is 1.84. The predicted octanol–water partition coefficient (Wildman–Crippen LogP) is 2.86. The summed E-state index contributed by atoms with van der Waals surface area (Å²) in [4.78, 5) is 0. The summed E-state index contributed by atoms with van der Waals surface area (Å²) in [5.74, 6) is 0. The lowest BCUT2D eigenvalue weighted by atomic mass is 10.0. The van der Waals surface area contributed by atoms with Gasteiger partial charge in [0.15, 0.2) is 6.10 Å². The van der Waals surface area contributed by atoms with E-state index in [9.17, 15) is 0 Å². The van der Waals surface area contributed by atoms with E-state index in [4.69, 9.17) is 10.00 Å². The maximum Gasteiger partial charge on any atom is 0.169 e. The summed E-state index contributed by atoms with van der Waals surface area (Å²) in [6.45, 7) is 4.37. The monoisotopic (exact) mass is 241 g/mol. The molecule has 1 aromatic carbocycles. The van der Waals surface area contributed by atoms with Crippen molar-refractivity contribution in [2.75, 3.05) is 6.61 Å². The molecule has 0 fully saturated rings. The third-order valence-electron chi connectivity index (χ3n) is 2.76. The zero-order valence-corrected chi connectivity index (χ0v) is 10.6. The first-order chi connectivity index (χ1) is 8.74. The minimum absolute atomic E-state index is 0.493. The van der Waals surface area contributed by atoms with Gasteiger partial charge in [0.05, 0.1) is 11.8 Å². The van der Waals surface area contributed by atoms with Crippen LogP contribution in [0.2, 0.25) is 0 Å². The Labute approximate surface area is 107 Å². The van der Waals surface area contributed by atoms with Crippen molar-refractivity contribution in [2.45, 2.75) is 26.4 Å². The number of ether oxygens (including phenoxy) is 1. The number of benzene rings is 1. The summed E-state index contributed by atoms with van der Waals surface area (Å²) >= 11 is 0. The third-order valence-corrected chi connectivity index (χ3v) is 2.76. The highest BCUT2D eigenvalue weighted by Crippen LogP contribution is 2.19. The number of nitriles is 1. The van der Waals surface area contributed by atoms with Gasteiger partial charge in [-0.2, -0.15) is 15.5 Å². The van der Waals surface area contributed by atoms with E-state index in [1.807, 2.05) is 38.1 Å². The molecule has 0 aliphatic carbocycles. The smallest absolute Gasteiger partial charge is 0.169 e. The molecule has 0 aromatic heterocycles. The zero-order valence-electron chi connectivity index (χ0n) is 10.6. The van der Waals surface area contributed by atoms with Crippen molar-refractivity contribution in [1.82, 2.24) is 0 Å². The Morgan fingerprint density at radius 3 is 2.56 bits per heavy atom. The quantitative estimate of drug-likeness (QED) is 0.813. The average molecular weight is 241 g/mol. The van der Waals surface area contributed by atoms with Gasteiger partial charge in [-0.25, -0.2) is 0 Å². The van der Waals surface area contributed by atoms with Gasteiger partial charge in [-0.1, -0.05) is 24.3 Å². The largest absolute Gasteiger partial charge is 0.359 e. The first kappa shape index (κ1) is 12.5. The normalized spacial score (nSPS) is 15.8. The molecule has 0 amide bonds. The molecule has 18 heavy (non-hydrogen) atoms. The molecule has 1 aliphatic rings. The van der Waals surface area contributed by atoms with Crippen LogP contribution in [0.15, 0.2) is 34.5 Å². The summed E-state index contributed by atoms with van der Waals surface area (Å²) < 4.78 is 5.35. The molecule has 0 saturated carbocycles. The van der Waals surface area contributed by atoms with Crippen LogP contribution < -0.4 is 0 Å². The number of nitrogens with zero attached hydrogens (tertiary/aromatic N) is 3. The first-order valence-electron chi connectivity index (χ1n) is 5.96. The van der Waals surface area contributed by atoms with Crippen LogP contribution in [0.25, 0.3) is 0 Å². The fraction of sp³-hybridized carbons (Fsp3) is 0.357. The van der Waals surface area contributed by atoms with Gasteiger partial charge in [0, 0.05) is 18.7 Å². The van der Waals surface area contributed by atoms with E-state index in [1.165, 1.54) is 0 Å². The van der Waals surface area contributed by atoms with E-state index in [0.717, 1.165) is 29.0 Å². The Kier molecular flexibility index (Phi) is 3.85. The van der Waals surface area contributed by atoms with Crippen LogP contribution in [0.5, 0.6) is 0 Å². The van der Waals surface area contributed by atoms with Crippen LogP contribution in [-0.4, -0.2) is 18.0 Å². The maximum atomic E-state index is 9.01. The Hall–Kier alpha value is -1.99. The fourth-order valence-corrected chi connectivity index (χ4v) is 1.84. The second kappa shape index (κ2) is 5.56. The molecule has 1 aliphatic heterocycles. The SMILES string of the molecule is CCOC(C#N)c1ccc(C2=NN=C(C)C2)cc1. The molecule has 0 saturated heterocycles. The number of rotatable bonds is 4. The summed E-state index contributed by atoms with van der Waals surface area (Å²) in [5, 5.41) is 17.2. The molecule has 92 valence electrons. The molecule has 0 radical (unpaired) electrons. The molecular weight excluding hydrogens is 226 g/mol. The topological polar surface area (TPSA) is 57.7 Å². The van der Waals surface area contributed by atoms with E-state index in [2.05, 4.69) is 16.3 Å². The molecular formula is C14H15N3O. The van der Waals surface area contributed by atoms with Crippen molar-refractivity contribution in [1.29, 1.82) is 5.26 Å². The van der Waals surface area contributed by atoms with E-state index in [0.29, 0.717) is 6.61 Å². The van der Waals surface area contributed by atoms with Crippen molar-refractivity contribution in [3.63, 3.8) is 0 Å². The zero-order chi connectivity index (χ0) is 13.0. The van der Waals surface area contributed by atoms with Gasteiger partial charge in [-0.15, -0.1) is 0 Å². The van der Waals surface area contributed by atoms with Crippen molar-refractivity contribution >= 4 is 11.4 Å². The van der Waals surface area contributed by atoms with Gasteiger partial charge in [-0.3, -0.25) is 0 Å². The second-order valence-corrected chi connectivity index (χ2v) is 4.15. The molecule has 2 rings (SSSR count). The van der Waals surface area contributed by atoms with Crippen LogP contribution in [0.3, 0.4) is 0 Å². The van der Waals surface area contributed by atoms with Gasteiger partial charge in [0.25, 0.3) is 0 Å². The van der Waals surface area contributed by atoms with E-state index in [1.54, 1.807) is 0 Å². The van der Waals surface area contributed by atoms with Gasteiger partial charge < -0.3 is 4.74 Å². The van der Waals surface area contributed by atoms with Crippen LogP contribution in [0.1, 0.15) is 37.5 Å². The molecule has 4 nitrogen and oxygen atoms in total.